The van der Waals surface area contributed by atoms with Gasteiger partial charge in [0, 0.05) is 24.5 Å². The summed E-state index contributed by atoms with van der Waals surface area (Å²) in [5, 5.41) is 8.85. The van der Waals surface area contributed by atoms with E-state index in [1.165, 1.54) is 12.3 Å². The van der Waals surface area contributed by atoms with Gasteiger partial charge < -0.3 is 14.4 Å². The van der Waals surface area contributed by atoms with Gasteiger partial charge in [-0.15, -0.1) is 0 Å². The van der Waals surface area contributed by atoms with E-state index in [1.54, 1.807) is 11.5 Å². The zero-order chi connectivity index (χ0) is 13.0. The molecule has 0 aliphatic heterocycles. The first-order valence-electron chi connectivity index (χ1n) is 5.47. The predicted molar refractivity (Wildman–Crippen MR) is 63.5 cm³/mol. The molecular formula is C12H17NO4. The van der Waals surface area contributed by atoms with Crippen molar-refractivity contribution in [3.63, 3.8) is 0 Å². The average Bonchev–Trinajstić information content (AvgIpc) is 2.20. The Balaban J connectivity index is 2.88. The first kappa shape index (κ1) is 13.4. The number of ether oxygens (including phenoxy) is 1. The summed E-state index contributed by atoms with van der Waals surface area (Å²) in [5.41, 5.74) is 0.0588. The largest absolute Gasteiger partial charge is 0.477 e. The highest BCUT2D eigenvalue weighted by Gasteiger charge is 2.10. The molecular weight excluding hydrogens is 222 g/mol. The van der Waals surface area contributed by atoms with Crippen LogP contribution in [-0.2, 0) is 11.3 Å². The number of nitrogens with zero attached hydrogens (tertiary/aromatic N) is 1. The molecule has 5 nitrogen and oxygen atoms in total. The van der Waals surface area contributed by atoms with Crippen molar-refractivity contribution in [3.8, 4) is 0 Å². The van der Waals surface area contributed by atoms with Crippen LogP contribution in [0.15, 0.2) is 17.1 Å². The molecule has 0 atom stereocenters. The molecule has 1 rings (SSSR count). The fourth-order valence-corrected chi connectivity index (χ4v) is 1.46. The number of aromatic carboxylic acids is 1. The highest BCUT2D eigenvalue weighted by Crippen LogP contribution is 2.00. The summed E-state index contributed by atoms with van der Waals surface area (Å²) in [4.78, 5) is 22.2. The molecule has 0 radical (unpaired) electrons. The Morgan fingerprint density at radius 2 is 2.18 bits per heavy atom. The summed E-state index contributed by atoms with van der Waals surface area (Å²) in [6, 6.07) is 1.33. The fourth-order valence-electron chi connectivity index (χ4n) is 1.46. The van der Waals surface area contributed by atoms with Gasteiger partial charge >= 0.3 is 5.97 Å². The molecule has 0 saturated heterocycles. The molecule has 0 spiro atoms. The Labute approximate surface area is 99.6 Å². The molecule has 5 heteroatoms. The molecule has 0 aromatic carbocycles. The molecule has 0 bridgehead atoms. The second kappa shape index (κ2) is 5.63. The summed E-state index contributed by atoms with van der Waals surface area (Å²) < 4.78 is 7.10. The zero-order valence-corrected chi connectivity index (χ0v) is 10.3. The lowest BCUT2D eigenvalue weighted by atomic mass is 10.2. The SMILES string of the molecule is Cc1cc(=O)c(C(=O)O)cn1CCOC(C)C. The van der Waals surface area contributed by atoms with Crippen molar-refractivity contribution in [2.24, 2.45) is 0 Å². The lowest BCUT2D eigenvalue weighted by Gasteiger charge is -2.13. The first-order valence-corrected chi connectivity index (χ1v) is 5.47. The Morgan fingerprint density at radius 3 is 2.71 bits per heavy atom. The molecule has 0 unspecified atom stereocenters. The Kier molecular flexibility index (Phi) is 4.45. The van der Waals surface area contributed by atoms with Crippen LogP contribution >= 0.6 is 0 Å². The van der Waals surface area contributed by atoms with E-state index in [-0.39, 0.29) is 11.7 Å². The van der Waals surface area contributed by atoms with Gasteiger partial charge in [-0.25, -0.2) is 4.79 Å². The standard InChI is InChI=1S/C12H17NO4/c1-8(2)17-5-4-13-7-10(12(15)16)11(14)6-9(13)3/h6-8H,4-5H2,1-3H3,(H,15,16). The van der Waals surface area contributed by atoms with Crippen LogP contribution in [-0.4, -0.2) is 28.4 Å². The van der Waals surface area contributed by atoms with Crippen molar-refractivity contribution < 1.29 is 14.6 Å². The van der Waals surface area contributed by atoms with E-state index in [9.17, 15) is 9.59 Å². The van der Waals surface area contributed by atoms with Crippen molar-refractivity contribution in [2.45, 2.75) is 33.4 Å². The van der Waals surface area contributed by atoms with Crippen molar-refractivity contribution >= 4 is 5.97 Å². The van der Waals surface area contributed by atoms with Crippen LogP contribution in [0.25, 0.3) is 0 Å². The second-order valence-electron chi connectivity index (χ2n) is 4.11. The van der Waals surface area contributed by atoms with Crippen LogP contribution in [0.3, 0.4) is 0 Å². The maximum absolute atomic E-state index is 11.4. The number of hydrogen-bond donors (Lipinski definition) is 1. The van der Waals surface area contributed by atoms with E-state index in [1.807, 2.05) is 13.8 Å². The van der Waals surface area contributed by atoms with E-state index in [0.717, 1.165) is 5.69 Å². The van der Waals surface area contributed by atoms with Crippen molar-refractivity contribution in [1.29, 1.82) is 0 Å². The van der Waals surface area contributed by atoms with E-state index in [4.69, 9.17) is 9.84 Å². The summed E-state index contributed by atoms with van der Waals surface area (Å²) in [6.07, 6.45) is 1.50. The molecule has 0 saturated carbocycles. The lowest BCUT2D eigenvalue weighted by Crippen LogP contribution is -2.20. The van der Waals surface area contributed by atoms with E-state index in [0.29, 0.717) is 13.2 Å². The van der Waals surface area contributed by atoms with Crippen LogP contribution in [0.1, 0.15) is 29.9 Å². The van der Waals surface area contributed by atoms with Gasteiger partial charge in [0.1, 0.15) is 5.56 Å². The minimum Gasteiger partial charge on any atom is -0.477 e. The highest BCUT2D eigenvalue weighted by atomic mass is 16.5. The first-order chi connectivity index (χ1) is 7.91. The maximum atomic E-state index is 11.4. The van der Waals surface area contributed by atoms with Gasteiger partial charge in [-0.05, 0) is 20.8 Å². The van der Waals surface area contributed by atoms with E-state index < -0.39 is 11.4 Å². The number of hydrogen-bond acceptors (Lipinski definition) is 3. The normalized spacial score (nSPS) is 10.8. The third-order valence-electron chi connectivity index (χ3n) is 2.36. The minimum atomic E-state index is -1.20. The van der Waals surface area contributed by atoms with Crippen LogP contribution in [0.2, 0.25) is 0 Å². The van der Waals surface area contributed by atoms with Crippen molar-refractivity contribution in [3.05, 3.63) is 33.7 Å². The molecule has 17 heavy (non-hydrogen) atoms. The van der Waals surface area contributed by atoms with Gasteiger partial charge in [0.15, 0.2) is 5.43 Å². The maximum Gasteiger partial charge on any atom is 0.341 e. The number of carbonyl (C=O) groups is 1. The molecule has 1 aromatic heterocycles. The topological polar surface area (TPSA) is 68.5 Å². The van der Waals surface area contributed by atoms with Crippen molar-refractivity contribution in [1.82, 2.24) is 4.57 Å². The predicted octanol–water partition coefficient (Wildman–Crippen LogP) is 1.28. The van der Waals surface area contributed by atoms with Gasteiger partial charge in [-0.1, -0.05) is 0 Å². The van der Waals surface area contributed by atoms with Crippen molar-refractivity contribution in [2.75, 3.05) is 6.61 Å². The summed E-state index contributed by atoms with van der Waals surface area (Å²) in [5.74, 6) is -1.20. The number of aryl methyl sites for hydroxylation is 1. The quantitative estimate of drug-likeness (QED) is 0.840. The van der Waals surface area contributed by atoms with Crippen LogP contribution in [0.4, 0.5) is 0 Å². The van der Waals surface area contributed by atoms with Gasteiger partial charge in [0.05, 0.1) is 12.7 Å². The molecule has 1 heterocycles. The monoisotopic (exact) mass is 239 g/mol. The number of rotatable bonds is 5. The number of carboxylic acids is 1. The van der Waals surface area contributed by atoms with E-state index in [2.05, 4.69) is 0 Å². The van der Waals surface area contributed by atoms with Gasteiger partial charge in [-0.3, -0.25) is 4.79 Å². The number of carboxylic acid groups (broad SMARTS) is 1. The molecule has 94 valence electrons. The van der Waals surface area contributed by atoms with E-state index >= 15 is 0 Å². The van der Waals surface area contributed by atoms with Gasteiger partial charge in [-0.2, -0.15) is 0 Å². The van der Waals surface area contributed by atoms with Crippen LogP contribution in [0, 0.1) is 6.92 Å². The zero-order valence-electron chi connectivity index (χ0n) is 10.3. The average molecular weight is 239 g/mol. The summed E-state index contributed by atoms with van der Waals surface area (Å²) in [6.45, 7) is 6.65. The minimum absolute atomic E-state index is 0.133. The van der Waals surface area contributed by atoms with Gasteiger partial charge in [0.25, 0.3) is 0 Å². The third-order valence-corrected chi connectivity index (χ3v) is 2.36. The molecule has 0 fully saturated rings. The second-order valence-corrected chi connectivity index (χ2v) is 4.11. The number of aromatic nitrogens is 1. The Hall–Kier alpha value is -1.62. The van der Waals surface area contributed by atoms with Crippen LogP contribution in [0.5, 0.6) is 0 Å². The third kappa shape index (κ3) is 3.71. The highest BCUT2D eigenvalue weighted by molar-refractivity contribution is 5.87. The lowest BCUT2D eigenvalue weighted by molar-refractivity contribution is 0.0682. The smallest absolute Gasteiger partial charge is 0.341 e. The Bertz CT molecular complexity index is 462. The fraction of sp³-hybridized carbons (Fsp3) is 0.500. The Morgan fingerprint density at radius 1 is 1.53 bits per heavy atom. The van der Waals surface area contributed by atoms with Gasteiger partial charge in [0.2, 0.25) is 0 Å². The molecule has 0 amide bonds. The number of pyridine rings is 1. The molecule has 1 N–H and O–H groups in total. The summed E-state index contributed by atoms with van der Waals surface area (Å²) in [7, 11) is 0. The van der Waals surface area contributed by atoms with Crippen LogP contribution < -0.4 is 5.43 Å². The molecule has 0 aliphatic carbocycles. The molecule has 1 aromatic rings. The summed E-state index contributed by atoms with van der Waals surface area (Å²) >= 11 is 0. The molecule has 0 aliphatic rings.